The highest BCUT2D eigenvalue weighted by molar-refractivity contribution is 7.68. The molecular weight excluding hydrogens is 226 g/mol. The molecule has 0 aliphatic heterocycles. The summed E-state index contributed by atoms with van der Waals surface area (Å²) in [6.07, 6.45) is 0. The molecule has 0 amide bonds. The lowest BCUT2D eigenvalue weighted by atomic mass is 10.9. The maximum atomic E-state index is 11.7. The van der Waals surface area contributed by atoms with Gasteiger partial charge >= 0.3 is 7.60 Å². The normalized spacial score (nSPS) is 12.4. The van der Waals surface area contributed by atoms with Crippen LogP contribution in [0.15, 0.2) is 0 Å². The third-order valence-corrected chi connectivity index (χ3v) is 5.91. The van der Waals surface area contributed by atoms with Crippen LogP contribution in [0.4, 0.5) is 0 Å². The molecule has 7 heteroatoms. The van der Waals surface area contributed by atoms with E-state index in [-0.39, 0.29) is 5.90 Å². The van der Waals surface area contributed by atoms with Crippen molar-refractivity contribution in [3.05, 3.63) is 0 Å². The lowest BCUT2D eigenvalue weighted by Crippen LogP contribution is -1.99. The van der Waals surface area contributed by atoms with E-state index in [9.17, 15) is 4.57 Å². The van der Waals surface area contributed by atoms with Crippen LogP contribution in [0.1, 0.15) is 13.8 Å². The smallest absolute Gasteiger partial charge is 0.334 e. The molecule has 0 N–H and O–H groups in total. The SMILES string of the molecule is CCOP(CP(=O)(OC)OC)OCC. The summed E-state index contributed by atoms with van der Waals surface area (Å²) in [6.45, 7) is 4.77. The summed E-state index contributed by atoms with van der Waals surface area (Å²) in [5.74, 6) is 0.178. The summed E-state index contributed by atoms with van der Waals surface area (Å²) in [7, 11) is -1.48. The fourth-order valence-corrected chi connectivity index (χ4v) is 4.25. The molecule has 0 radical (unpaired) electrons. The molecule has 0 rings (SSSR count). The lowest BCUT2D eigenvalue weighted by molar-refractivity contribution is 0.259. The maximum Gasteiger partial charge on any atom is 0.339 e. The van der Waals surface area contributed by atoms with Crippen LogP contribution in [-0.2, 0) is 22.7 Å². The highest BCUT2D eigenvalue weighted by Gasteiger charge is 2.28. The van der Waals surface area contributed by atoms with Gasteiger partial charge in [0, 0.05) is 14.2 Å². The molecule has 0 spiro atoms. The molecule has 0 aromatic carbocycles. The third-order valence-electron chi connectivity index (χ3n) is 1.39. The van der Waals surface area contributed by atoms with Crippen molar-refractivity contribution in [3.8, 4) is 0 Å². The molecular formula is C7H18O5P2. The topological polar surface area (TPSA) is 54.0 Å². The van der Waals surface area contributed by atoms with E-state index in [0.29, 0.717) is 13.2 Å². The molecule has 0 aromatic rings. The van der Waals surface area contributed by atoms with Gasteiger partial charge in [-0.2, -0.15) is 0 Å². The van der Waals surface area contributed by atoms with E-state index in [0.717, 1.165) is 0 Å². The Morgan fingerprint density at radius 2 is 1.50 bits per heavy atom. The minimum absolute atomic E-state index is 0.178. The van der Waals surface area contributed by atoms with Gasteiger partial charge in [0.15, 0.2) is 8.38 Å². The molecule has 0 aliphatic carbocycles. The van der Waals surface area contributed by atoms with Gasteiger partial charge in [-0.25, -0.2) is 0 Å². The van der Waals surface area contributed by atoms with Gasteiger partial charge in [0.1, 0.15) is 5.90 Å². The van der Waals surface area contributed by atoms with Crippen molar-refractivity contribution in [3.63, 3.8) is 0 Å². The first-order valence-corrected chi connectivity index (χ1v) is 7.44. The highest BCUT2D eigenvalue weighted by Crippen LogP contribution is 2.58. The zero-order chi connectivity index (χ0) is 11.0. The minimum Gasteiger partial charge on any atom is -0.334 e. The van der Waals surface area contributed by atoms with Gasteiger partial charge in [-0.1, -0.05) is 0 Å². The van der Waals surface area contributed by atoms with Gasteiger partial charge in [-0.05, 0) is 13.8 Å². The molecule has 0 saturated heterocycles. The fourth-order valence-electron chi connectivity index (χ4n) is 0.738. The van der Waals surface area contributed by atoms with Gasteiger partial charge in [0.25, 0.3) is 0 Å². The summed E-state index contributed by atoms with van der Waals surface area (Å²) in [4.78, 5) is 0. The van der Waals surface area contributed by atoms with E-state index < -0.39 is 16.0 Å². The van der Waals surface area contributed by atoms with Crippen molar-refractivity contribution >= 4 is 16.0 Å². The summed E-state index contributed by atoms with van der Waals surface area (Å²) < 4.78 is 31.9. The summed E-state index contributed by atoms with van der Waals surface area (Å²) >= 11 is 0. The largest absolute Gasteiger partial charge is 0.339 e. The zero-order valence-electron chi connectivity index (χ0n) is 9.06. The van der Waals surface area contributed by atoms with E-state index in [2.05, 4.69) is 0 Å². The van der Waals surface area contributed by atoms with Crippen LogP contribution >= 0.6 is 16.0 Å². The zero-order valence-corrected chi connectivity index (χ0v) is 10.8. The molecule has 0 aliphatic rings. The highest BCUT2D eigenvalue weighted by atomic mass is 31.2. The van der Waals surface area contributed by atoms with Crippen molar-refractivity contribution in [1.82, 2.24) is 0 Å². The molecule has 14 heavy (non-hydrogen) atoms. The quantitative estimate of drug-likeness (QED) is 0.614. The molecule has 0 bridgehead atoms. The lowest BCUT2D eigenvalue weighted by Gasteiger charge is -2.19. The molecule has 0 aromatic heterocycles. The van der Waals surface area contributed by atoms with Gasteiger partial charge < -0.3 is 18.1 Å². The van der Waals surface area contributed by atoms with E-state index in [4.69, 9.17) is 18.1 Å². The van der Waals surface area contributed by atoms with E-state index >= 15 is 0 Å². The summed E-state index contributed by atoms with van der Waals surface area (Å²) in [6, 6.07) is 0. The van der Waals surface area contributed by atoms with Crippen LogP contribution in [0.25, 0.3) is 0 Å². The average Bonchev–Trinajstić information content (AvgIpc) is 2.18. The Bertz CT molecular complexity index is 173. The second kappa shape index (κ2) is 7.75. The first-order valence-electron chi connectivity index (χ1n) is 4.35. The van der Waals surface area contributed by atoms with Crippen LogP contribution in [0.2, 0.25) is 0 Å². The molecule has 0 fully saturated rings. The Morgan fingerprint density at radius 1 is 1.07 bits per heavy atom. The fraction of sp³-hybridized carbons (Fsp3) is 1.00. The molecule has 86 valence electrons. The molecule has 0 unspecified atom stereocenters. The van der Waals surface area contributed by atoms with Gasteiger partial charge in [0.2, 0.25) is 0 Å². The molecule has 0 heterocycles. The second-order valence-corrected chi connectivity index (χ2v) is 6.55. The van der Waals surface area contributed by atoms with E-state index in [1.54, 1.807) is 0 Å². The Balaban J connectivity index is 4.18. The van der Waals surface area contributed by atoms with Crippen molar-refractivity contribution in [2.45, 2.75) is 13.8 Å². The Kier molecular flexibility index (Phi) is 8.02. The number of rotatable bonds is 8. The Morgan fingerprint density at radius 3 is 1.79 bits per heavy atom. The third kappa shape index (κ3) is 5.40. The van der Waals surface area contributed by atoms with Crippen molar-refractivity contribution in [1.29, 1.82) is 0 Å². The summed E-state index contributed by atoms with van der Waals surface area (Å²) in [5.41, 5.74) is 0. The summed E-state index contributed by atoms with van der Waals surface area (Å²) in [5, 5.41) is 0. The van der Waals surface area contributed by atoms with Crippen molar-refractivity contribution in [2.24, 2.45) is 0 Å². The molecule has 0 atom stereocenters. The van der Waals surface area contributed by atoms with Gasteiger partial charge in [0.05, 0.1) is 13.2 Å². The monoisotopic (exact) mass is 244 g/mol. The van der Waals surface area contributed by atoms with E-state index in [1.165, 1.54) is 14.2 Å². The standard InChI is InChI=1S/C7H18O5P2/c1-5-11-13(12-6-2)7-14(8,9-3)10-4/h5-7H2,1-4H3. The van der Waals surface area contributed by atoms with Crippen LogP contribution < -0.4 is 0 Å². The number of hydrogen-bond donors (Lipinski definition) is 0. The van der Waals surface area contributed by atoms with Crippen LogP contribution in [-0.4, -0.2) is 33.3 Å². The minimum atomic E-state index is -3.02. The predicted molar refractivity (Wildman–Crippen MR) is 56.7 cm³/mol. The maximum absolute atomic E-state index is 11.7. The molecule has 5 nitrogen and oxygen atoms in total. The van der Waals surface area contributed by atoms with Gasteiger partial charge in [-0.15, -0.1) is 0 Å². The van der Waals surface area contributed by atoms with Crippen molar-refractivity contribution < 1.29 is 22.7 Å². The average molecular weight is 244 g/mol. The van der Waals surface area contributed by atoms with Gasteiger partial charge in [-0.3, -0.25) is 4.57 Å². The Hall–Kier alpha value is 0.500. The van der Waals surface area contributed by atoms with Crippen LogP contribution in [0, 0.1) is 0 Å². The first kappa shape index (κ1) is 14.5. The first-order chi connectivity index (χ1) is 6.61. The predicted octanol–water partition coefficient (Wildman–Crippen LogP) is 2.81. The van der Waals surface area contributed by atoms with Crippen molar-refractivity contribution in [2.75, 3.05) is 33.3 Å². The second-order valence-electron chi connectivity index (χ2n) is 2.29. The van der Waals surface area contributed by atoms with Crippen LogP contribution in [0.3, 0.4) is 0 Å². The Labute approximate surface area is 86.5 Å². The molecule has 0 saturated carbocycles. The van der Waals surface area contributed by atoms with Crippen LogP contribution in [0.5, 0.6) is 0 Å². The number of hydrogen-bond acceptors (Lipinski definition) is 5. The van der Waals surface area contributed by atoms with E-state index in [1.807, 2.05) is 13.8 Å².